The molecule has 2 aromatic heterocycles. The number of hydrogen-bond donors (Lipinski definition) is 0. The van der Waals surface area contributed by atoms with Gasteiger partial charge in [0.05, 0.1) is 10.7 Å². The Hall–Kier alpha value is -1.10. The molecule has 3 nitrogen and oxygen atoms in total. The average molecular weight is 385 g/mol. The van der Waals surface area contributed by atoms with Crippen molar-refractivity contribution in [2.24, 2.45) is 0 Å². The quantitative estimate of drug-likeness (QED) is 0.599. The molecule has 3 rings (SSSR count). The summed E-state index contributed by atoms with van der Waals surface area (Å²) >= 11 is 15.7. The van der Waals surface area contributed by atoms with Gasteiger partial charge in [0.2, 0.25) is 0 Å². The fourth-order valence-electron chi connectivity index (χ4n) is 2.31. The molecule has 2 heterocycles. The molecule has 0 fully saturated rings. The molecule has 0 N–H and O–H groups in total. The first kappa shape index (κ1) is 14.8. The van der Waals surface area contributed by atoms with Gasteiger partial charge in [-0.05, 0) is 36.8 Å². The van der Waals surface area contributed by atoms with E-state index in [9.17, 15) is 0 Å². The van der Waals surface area contributed by atoms with Gasteiger partial charge in [-0.1, -0.05) is 27.5 Å². The number of nitrogens with zero attached hydrogens (tertiary/aromatic N) is 3. The average Bonchev–Trinajstić information content (AvgIpc) is 2.79. The number of halogens is 3. The number of benzene rings is 1. The van der Waals surface area contributed by atoms with Gasteiger partial charge in [0.1, 0.15) is 11.3 Å². The van der Waals surface area contributed by atoms with Crippen molar-refractivity contribution < 1.29 is 0 Å². The van der Waals surface area contributed by atoms with Crippen LogP contribution < -0.4 is 0 Å². The zero-order valence-corrected chi connectivity index (χ0v) is 14.4. The van der Waals surface area contributed by atoms with E-state index in [4.69, 9.17) is 23.2 Å². The number of hydrogen-bond acceptors (Lipinski definition) is 2. The lowest BCUT2D eigenvalue weighted by atomic mass is 10.2. The highest BCUT2D eigenvalue weighted by Crippen LogP contribution is 2.29. The number of aromatic nitrogens is 3. The first-order valence-electron chi connectivity index (χ1n) is 6.46. The van der Waals surface area contributed by atoms with Crippen molar-refractivity contribution in [3.8, 4) is 5.69 Å². The Kier molecular flexibility index (Phi) is 4.20. The summed E-state index contributed by atoms with van der Waals surface area (Å²) in [5.41, 5.74) is 3.64. The van der Waals surface area contributed by atoms with Gasteiger partial charge >= 0.3 is 0 Å². The molecule has 0 aliphatic rings. The number of imidazole rings is 1. The highest BCUT2D eigenvalue weighted by molar-refractivity contribution is 9.10. The minimum Gasteiger partial charge on any atom is -0.279 e. The monoisotopic (exact) mass is 383 g/mol. The molecule has 0 saturated heterocycles. The van der Waals surface area contributed by atoms with Crippen LogP contribution >= 0.6 is 39.1 Å². The molecule has 6 heteroatoms. The van der Waals surface area contributed by atoms with Crippen molar-refractivity contribution in [3.05, 3.63) is 51.3 Å². The summed E-state index contributed by atoms with van der Waals surface area (Å²) in [5, 5.41) is 0.641. The molecule has 0 radical (unpaired) electrons. The lowest BCUT2D eigenvalue weighted by Crippen LogP contribution is -2.03. The van der Waals surface area contributed by atoms with Crippen LogP contribution in [0.4, 0.5) is 0 Å². The number of aryl methyl sites for hydroxylation is 2. The smallest absolute Gasteiger partial charge is 0.164 e. The molecule has 0 spiro atoms. The summed E-state index contributed by atoms with van der Waals surface area (Å²) in [6, 6.07) is 7.72. The minimum absolute atomic E-state index is 0.497. The molecule has 1 aromatic carbocycles. The van der Waals surface area contributed by atoms with Gasteiger partial charge in [0.25, 0.3) is 0 Å². The van der Waals surface area contributed by atoms with Crippen molar-refractivity contribution >= 4 is 50.3 Å². The van der Waals surface area contributed by atoms with E-state index in [1.165, 1.54) is 0 Å². The van der Waals surface area contributed by atoms with Crippen molar-refractivity contribution in [1.29, 1.82) is 0 Å². The maximum Gasteiger partial charge on any atom is 0.164 e. The lowest BCUT2D eigenvalue weighted by Gasteiger charge is -2.10. The first-order valence-corrected chi connectivity index (χ1v) is 8.16. The summed E-state index contributed by atoms with van der Waals surface area (Å²) in [5.74, 6) is 1.36. The van der Waals surface area contributed by atoms with Crippen LogP contribution in [0.2, 0.25) is 5.02 Å². The summed E-state index contributed by atoms with van der Waals surface area (Å²) in [6.45, 7) is 2.02. The van der Waals surface area contributed by atoms with Gasteiger partial charge in [-0.15, -0.1) is 11.6 Å². The van der Waals surface area contributed by atoms with Gasteiger partial charge in [-0.3, -0.25) is 4.57 Å². The van der Waals surface area contributed by atoms with Crippen molar-refractivity contribution in [2.45, 2.75) is 13.3 Å². The Morgan fingerprint density at radius 2 is 2.10 bits per heavy atom. The first-order chi connectivity index (χ1) is 10.1. The minimum atomic E-state index is 0.497. The largest absolute Gasteiger partial charge is 0.279 e. The van der Waals surface area contributed by atoms with Gasteiger partial charge in [-0.25, -0.2) is 9.97 Å². The topological polar surface area (TPSA) is 30.7 Å². The molecule has 0 amide bonds. The molecule has 0 aliphatic heterocycles. The Morgan fingerprint density at radius 1 is 1.29 bits per heavy atom. The fraction of sp³-hybridized carbons (Fsp3) is 0.200. The number of pyridine rings is 1. The van der Waals surface area contributed by atoms with E-state index in [1.807, 2.05) is 35.8 Å². The van der Waals surface area contributed by atoms with Gasteiger partial charge in [0.15, 0.2) is 5.65 Å². The Morgan fingerprint density at radius 3 is 2.81 bits per heavy atom. The van der Waals surface area contributed by atoms with E-state index in [2.05, 4.69) is 25.9 Å². The van der Waals surface area contributed by atoms with Crippen molar-refractivity contribution in [1.82, 2.24) is 14.5 Å². The van der Waals surface area contributed by atoms with Crippen LogP contribution in [0.5, 0.6) is 0 Å². The highest BCUT2D eigenvalue weighted by Gasteiger charge is 2.16. The second-order valence-corrected chi connectivity index (χ2v) is 6.40. The Bertz CT molecular complexity index is 814. The van der Waals surface area contributed by atoms with Gasteiger partial charge in [0, 0.05) is 23.0 Å². The van der Waals surface area contributed by atoms with E-state index in [0.29, 0.717) is 17.3 Å². The molecule has 3 aromatic rings. The van der Waals surface area contributed by atoms with Crippen LogP contribution in [-0.2, 0) is 6.42 Å². The van der Waals surface area contributed by atoms with Crippen LogP contribution in [0.3, 0.4) is 0 Å². The summed E-state index contributed by atoms with van der Waals surface area (Å²) in [4.78, 5) is 9.16. The van der Waals surface area contributed by atoms with Crippen molar-refractivity contribution in [2.75, 3.05) is 5.88 Å². The standard InChI is InChI=1S/C15H12BrCl2N3/c1-9-5-7-19-15-14(9)20-13(4-6-17)21(15)12-3-2-10(16)8-11(12)18/h2-3,5,7-8H,4,6H2,1H3. The summed E-state index contributed by atoms with van der Waals surface area (Å²) in [6.07, 6.45) is 2.44. The highest BCUT2D eigenvalue weighted by atomic mass is 79.9. The van der Waals surface area contributed by atoms with Crippen LogP contribution in [-0.4, -0.2) is 20.4 Å². The summed E-state index contributed by atoms with van der Waals surface area (Å²) < 4.78 is 2.92. The van der Waals surface area contributed by atoms with Crippen LogP contribution in [0.1, 0.15) is 11.4 Å². The Labute approximate surface area is 141 Å². The summed E-state index contributed by atoms with van der Waals surface area (Å²) in [7, 11) is 0. The third kappa shape index (κ3) is 2.68. The molecule has 108 valence electrons. The zero-order chi connectivity index (χ0) is 15.0. The normalized spacial score (nSPS) is 11.2. The fourth-order valence-corrected chi connectivity index (χ4v) is 3.23. The van der Waals surface area contributed by atoms with E-state index < -0.39 is 0 Å². The zero-order valence-electron chi connectivity index (χ0n) is 11.3. The van der Waals surface area contributed by atoms with E-state index >= 15 is 0 Å². The lowest BCUT2D eigenvalue weighted by molar-refractivity contribution is 0.905. The number of fused-ring (bicyclic) bond motifs is 1. The van der Waals surface area contributed by atoms with E-state index in [1.54, 1.807) is 6.20 Å². The molecular weight excluding hydrogens is 373 g/mol. The molecule has 0 saturated carbocycles. The molecule has 0 atom stereocenters. The second kappa shape index (κ2) is 5.95. The van der Waals surface area contributed by atoms with Gasteiger partial charge in [-0.2, -0.15) is 0 Å². The third-order valence-corrected chi connectivity index (χ3v) is 4.27. The van der Waals surface area contributed by atoms with Crippen molar-refractivity contribution in [3.63, 3.8) is 0 Å². The number of alkyl halides is 1. The molecule has 21 heavy (non-hydrogen) atoms. The van der Waals surface area contributed by atoms with Crippen LogP contribution in [0, 0.1) is 6.92 Å². The van der Waals surface area contributed by atoms with Crippen LogP contribution in [0.15, 0.2) is 34.9 Å². The Balaban J connectivity index is 2.33. The molecule has 0 aliphatic carbocycles. The van der Waals surface area contributed by atoms with Gasteiger partial charge < -0.3 is 0 Å². The van der Waals surface area contributed by atoms with E-state index in [-0.39, 0.29) is 0 Å². The van der Waals surface area contributed by atoms with E-state index in [0.717, 1.165) is 32.7 Å². The third-order valence-electron chi connectivity index (χ3n) is 3.29. The maximum absolute atomic E-state index is 6.39. The molecule has 0 bridgehead atoms. The number of rotatable bonds is 3. The molecular formula is C15H12BrCl2N3. The maximum atomic E-state index is 6.39. The second-order valence-electron chi connectivity index (χ2n) is 4.70. The predicted molar refractivity (Wildman–Crippen MR) is 90.7 cm³/mol. The predicted octanol–water partition coefficient (Wildman–Crippen LogP) is 4.93. The van der Waals surface area contributed by atoms with Crippen LogP contribution in [0.25, 0.3) is 16.9 Å². The SMILES string of the molecule is Cc1ccnc2c1nc(CCCl)n2-c1ccc(Br)cc1Cl. The molecule has 0 unspecified atom stereocenters.